The van der Waals surface area contributed by atoms with Crippen LogP contribution in [0.15, 0.2) is 64.7 Å². The van der Waals surface area contributed by atoms with Crippen LogP contribution in [0.3, 0.4) is 0 Å². The Morgan fingerprint density at radius 3 is 2.79 bits per heavy atom. The van der Waals surface area contributed by atoms with Gasteiger partial charge in [0.2, 0.25) is 0 Å². The fraction of sp³-hybridized carbons (Fsp3) is 0.235. The Hall–Kier alpha value is -1.41. The molecule has 1 nitrogen and oxygen atoms in total. The van der Waals surface area contributed by atoms with E-state index in [1.54, 1.807) is 0 Å². The Morgan fingerprint density at radius 1 is 1.21 bits per heavy atom. The molecule has 2 heteroatoms. The Kier molecular flexibility index (Phi) is 5.34. The van der Waals surface area contributed by atoms with E-state index < -0.39 is 0 Å². The number of benzene rings is 1. The molecule has 0 saturated heterocycles. The number of ketones is 1. The SMILES string of the molecule is O=C(CCCc1ccccc1)C1=CC(Br)=CC=CC1. The maximum atomic E-state index is 12.1. The molecule has 19 heavy (non-hydrogen) atoms. The van der Waals surface area contributed by atoms with E-state index >= 15 is 0 Å². The van der Waals surface area contributed by atoms with Crippen molar-refractivity contribution in [3.8, 4) is 0 Å². The van der Waals surface area contributed by atoms with Gasteiger partial charge in [-0.1, -0.05) is 58.4 Å². The Bertz CT molecular complexity index is 523. The molecule has 0 aromatic heterocycles. The van der Waals surface area contributed by atoms with Crippen LogP contribution < -0.4 is 0 Å². The highest BCUT2D eigenvalue weighted by Gasteiger charge is 2.09. The summed E-state index contributed by atoms with van der Waals surface area (Å²) in [7, 11) is 0. The molecular weight excluding hydrogens is 300 g/mol. The van der Waals surface area contributed by atoms with Crippen molar-refractivity contribution >= 4 is 21.7 Å². The summed E-state index contributed by atoms with van der Waals surface area (Å²) in [5.74, 6) is 0.257. The summed E-state index contributed by atoms with van der Waals surface area (Å²) in [5.41, 5.74) is 2.19. The highest BCUT2D eigenvalue weighted by atomic mass is 79.9. The van der Waals surface area contributed by atoms with E-state index in [1.165, 1.54) is 5.56 Å². The van der Waals surface area contributed by atoms with Crippen molar-refractivity contribution in [2.24, 2.45) is 0 Å². The molecule has 1 aromatic carbocycles. The number of hydrogen-bond donors (Lipinski definition) is 0. The minimum absolute atomic E-state index is 0.257. The minimum atomic E-state index is 0.257. The summed E-state index contributed by atoms with van der Waals surface area (Å²) in [6.45, 7) is 0. The second-order valence-electron chi connectivity index (χ2n) is 4.62. The first-order chi connectivity index (χ1) is 9.25. The van der Waals surface area contributed by atoms with Crippen LogP contribution >= 0.6 is 15.9 Å². The van der Waals surface area contributed by atoms with Crippen molar-refractivity contribution in [2.75, 3.05) is 0 Å². The first-order valence-corrected chi connectivity index (χ1v) is 7.35. The maximum Gasteiger partial charge on any atom is 0.159 e. The zero-order chi connectivity index (χ0) is 13.5. The zero-order valence-electron chi connectivity index (χ0n) is 10.8. The van der Waals surface area contributed by atoms with Gasteiger partial charge >= 0.3 is 0 Å². The predicted octanol–water partition coefficient (Wildman–Crippen LogP) is 4.74. The second-order valence-corrected chi connectivity index (χ2v) is 5.53. The first-order valence-electron chi connectivity index (χ1n) is 6.56. The van der Waals surface area contributed by atoms with Crippen molar-refractivity contribution in [1.82, 2.24) is 0 Å². The molecule has 0 saturated carbocycles. The number of hydrogen-bond acceptors (Lipinski definition) is 1. The number of aryl methyl sites for hydroxylation is 1. The molecule has 0 aliphatic heterocycles. The average Bonchev–Trinajstić information content (AvgIpc) is 2.64. The summed E-state index contributed by atoms with van der Waals surface area (Å²) in [6.07, 6.45) is 11.1. The van der Waals surface area contributed by atoms with Crippen LogP contribution in [0.2, 0.25) is 0 Å². The van der Waals surface area contributed by atoms with Gasteiger partial charge < -0.3 is 0 Å². The van der Waals surface area contributed by atoms with Crippen LogP contribution in [-0.2, 0) is 11.2 Å². The quantitative estimate of drug-likeness (QED) is 0.766. The average molecular weight is 317 g/mol. The first kappa shape index (κ1) is 14.0. The normalized spacial score (nSPS) is 14.6. The molecule has 1 aliphatic carbocycles. The highest BCUT2D eigenvalue weighted by molar-refractivity contribution is 9.11. The largest absolute Gasteiger partial charge is 0.295 e. The second kappa shape index (κ2) is 7.25. The van der Waals surface area contributed by atoms with E-state index in [-0.39, 0.29) is 5.78 Å². The van der Waals surface area contributed by atoms with Crippen LogP contribution in [0.1, 0.15) is 24.8 Å². The van der Waals surface area contributed by atoms with Gasteiger partial charge in [-0.2, -0.15) is 0 Å². The standard InChI is InChI=1S/C17H17BrO/c18-16-11-5-4-10-15(13-16)17(19)12-6-9-14-7-2-1-3-8-14/h1-5,7-8,11,13H,6,9-10,12H2. The van der Waals surface area contributed by atoms with Crippen molar-refractivity contribution in [1.29, 1.82) is 0 Å². The van der Waals surface area contributed by atoms with Crippen molar-refractivity contribution in [3.05, 3.63) is 70.3 Å². The molecule has 0 atom stereocenters. The summed E-state index contributed by atoms with van der Waals surface area (Å²) >= 11 is 3.43. The van der Waals surface area contributed by atoms with Gasteiger partial charge in [0.1, 0.15) is 0 Å². The third-order valence-electron chi connectivity index (χ3n) is 3.11. The summed E-state index contributed by atoms with van der Waals surface area (Å²) in [6, 6.07) is 10.3. The molecule has 1 aliphatic rings. The molecule has 0 unspecified atom stereocenters. The third-order valence-corrected chi connectivity index (χ3v) is 3.60. The van der Waals surface area contributed by atoms with Gasteiger partial charge in [0.15, 0.2) is 5.78 Å². The van der Waals surface area contributed by atoms with Gasteiger partial charge in [0.25, 0.3) is 0 Å². The van der Waals surface area contributed by atoms with Gasteiger partial charge in [-0.3, -0.25) is 4.79 Å². The number of carbonyl (C=O) groups excluding carboxylic acids is 1. The number of carbonyl (C=O) groups is 1. The molecule has 0 N–H and O–H groups in total. The molecular formula is C17H17BrO. The van der Waals surface area contributed by atoms with Crippen molar-refractivity contribution in [3.63, 3.8) is 0 Å². The Morgan fingerprint density at radius 2 is 2.00 bits per heavy atom. The molecule has 2 rings (SSSR count). The van der Waals surface area contributed by atoms with Crippen LogP contribution in [0.4, 0.5) is 0 Å². The van der Waals surface area contributed by atoms with Crippen LogP contribution in [0.25, 0.3) is 0 Å². The Labute approximate surface area is 122 Å². The van der Waals surface area contributed by atoms with Crippen LogP contribution in [0.5, 0.6) is 0 Å². The van der Waals surface area contributed by atoms with E-state index in [9.17, 15) is 4.79 Å². The Balaban J connectivity index is 1.85. The number of Topliss-reactive ketones (excluding diaryl/α,β-unsaturated/α-hetero) is 1. The topological polar surface area (TPSA) is 17.1 Å². The number of halogens is 1. The van der Waals surface area contributed by atoms with Gasteiger partial charge in [-0.25, -0.2) is 0 Å². The predicted molar refractivity (Wildman–Crippen MR) is 83.2 cm³/mol. The molecule has 0 heterocycles. The lowest BCUT2D eigenvalue weighted by atomic mass is 10.0. The van der Waals surface area contributed by atoms with Gasteiger partial charge in [-0.15, -0.1) is 0 Å². The van der Waals surface area contributed by atoms with Gasteiger partial charge in [0, 0.05) is 10.9 Å². The zero-order valence-corrected chi connectivity index (χ0v) is 12.4. The molecule has 0 fully saturated rings. The van der Waals surface area contributed by atoms with E-state index in [0.29, 0.717) is 6.42 Å². The summed E-state index contributed by atoms with van der Waals surface area (Å²) in [4.78, 5) is 12.1. The van der Waals surface area contributed by atoms with Crippen molar-refractivity contribution < 1.29 is 4.79 Å². The molecule has 98 valence electrons. The monoisotopic (exact) mass is 316 g/mol. The van der Waals surface area contributed by atoms with Crippen LogP contribution in [0, 0.1) is 0 Å². The van der Waals surface area contributed by atoms with Crippen LogP contribution in [-0.4, -0.2) is 5.78 Å². The fourth-order valence-electron chi connectivity index (χ4n) is 2.08. The molecule has 0 radical (unpaired) electrons. The van der Waals surface area contributed by atoms with E-state index in [1.807, 2.05) is 42.5 Å². The van der Waals surface area contributed by atoms with Gasteiger partial charge in [0.05, 0.1) is 0 Å². The summed E-state index contributed by atoms with van der Waals surface area (Å²) in [5, 5.41) is 0. The van der Waals surface area contributed by atoms with E-state index in [0.717, 1.165) is 29.3 Å². The number of allylic oxidation sites excluding steroid dienone is 6. The lowest BCUT2D eigenvalue weighted by Crippen LogP contribution is -2.02. The smallest absolute Gasteiger partial charge is 0.159 e. The van der Waals surface area contributed by atoms with Crippen molar-refractivity contribution in [2.45, 2.75) is 25.7 Å². The maximum absolute atomic E-state index is 12.1. The molecule has 1 aromatic rings. The number of rotatable bonds is 5. The van der Waals surface area contributed by atoms with E-state index in [4.69, 9.17) is 0 Å². The van der Waals surface area contributed by atoms with Gasteiger partial charge in [-0.05, 0) is 42.6 Å². The lowest BCUT2D eigenvalue weighted by Gasteiger charge is -2.04. The third kappa shape index (κ3) is 4.64. The summed E-state index contributed by atoms with van der Waals surface area (Å²) < 4.78 is 0.965. The minimum Gasteiger partial charge on any atom is -0.295 e. The molecule has 0 amide bonds. The fourth-order valence-corrected chi connectivity index (χ4v) is 2.51. The van der Waals surface area contributed by atoms with E-state index in [2.05, 4.69) is 28.1 Å². The molecule has 0 spiro atoms. The molecule has 0 bridgehead atoms. The highest BCUT2D eigenvalue weighted by Crippen LogP contribution is 2.19. The lowest BCUT2D eigenvalue weighted by molar-refractivity contribution is -0.115.